The highest BCUT2D eigenvalue weighted by Gasteiger charge is 2.19. The Hall–Kier alpha value is -1.88. The van der Waals surface area contributed by atoms with Crippen molar-refractivity contribution in [3.63, 3.8) is 0 Å². The molecule has 0 bridgehead atoms. The summed E-state index contributed by atoms with van der Waals surface area (Å²) in [6, 6.07) is 10.1. The number of ether oxygens (including phenoxy) is 1. The standard InChI is InChI=1S/C13H11N3OS/c1-17-12-11-13(15-8-14-12)18-7-10(16-11)9-5-3-2-4-6-9/h2-6,8H,7H2,1H3. The van der Waals surface area contributed by atoms with E-state index in [2.05, 4.69) is 27.1 Å². The number of benzene rings is 1. The number of nitrogens with zero attached hydrogens (tertiary/aromatic N) is 3. The average Bonchev–Trinajstić information content (AvgIpc) is 2.47. The summed E-state index contributed by atoms with van der Waals surface area (Å²) < 4.78 is 5.23. The summed E-state index contributed by atoms with van der Waals surface area (Å²) in [6.45, 7) is 0. The molecular weight excluding hydrogens is 246 g/mol. The zero-order valence-corrected chi connectivity index (χ0v) is 10.6. The second-order valence-electron chi connectivity index (χ2n) is 3.75. The molecule has 90 valence electrons. The molecule has 18 heavy (non-hydrogen) atoms. The van der Waals surface area contributed by atoms with Gasteiger partial charge in [-0.15, -0.1) is 0 Å². The van der Waals surface area contributed by atoms with Gasteiger partial charge in [-0.05, 0) is 5.56 Å². The number of methoxy groups -OCH3 is 1. The first kappa shape index (κ1) is 11.2. The maximum Gasteiger partial charge on any atom is 0.244 e. The monoisotopic (exact) mass is 257 g/mol. The van der Waals surface area contributed by atoms with Crippen molar-refractivity contribution in [1.82, 2.24) is 9.97 Å². The van der Waals surface area contributed by atoms with Crippen LogP contribution in [0.4, 0.5) is 5.69 Å². The lowest BCUT2D eigenvalue weighted by molar-refractivity contribution is 0.396. The fourth-order valence-corrected chi connectivity index (χ4v) is 2.68. The molecule has 2 heterocycles. The second-order valence-corrected chi connectivity index (χ2v) is 4.71. The first-order valence-corrected chi connectivity index (χ1v) is 6.52. The van der Waals surface area contributed by atoms with E-state index in [9.17, 15) is 0 Å². The van der Waals surface area contributed by atoms with Crippen LogP contribution < -0.4 is 4.74 Å². The molecule has 0 unspecified atom stereocenters. The minimum atomic E-state index is 0.528. The summed E-state index contributed by atoms with van der Waals surface area (Å²) in [4.78, 5) is 12.9. The van der Waals surface area contributed by atoms with Gasteiger partial charge in [0.1, 0.15) is 11.4 Å². The van der Waals surface area contributed by atoms with Gasteiger partial charge in [0.2, 0.25) is 5.88 Å². The molecule has 0 amide bonds. The number of aromatic nitrogens is 2. The molecule has 0 N–H and O–H groups in total. The predicted molar refractivity (Wildman–Crippen MR) is 71.9 cm³/mol. The van der Waals surface area contributed by atoms with Crippen molar-refractivity contribution in [2.45, 2.75) is 5.03 Å². The van der Waals surface area contributed by atoms with Crippen LogP contribution >= 0.6 is 11.8 Å². The smallest absolute Gasteiger partial charge is 0.244 e. The zero-order chi connectivity index (χ0) is 12.4. The lowest BCUT2D eigenvalue weighted by Gasteiger charge is -2.15. The molecule has 0 radical (unpaired) electrons. The first-order chi connectivity index (χ1) is 8.88. The van der Waals surface area contributed by atoms with Crippen molar-refractivity contribution in [3.05, 3.63) is 42.2 Å². The molecule has 1 aliphatic rings. The van der Waals surface area contributed by atoms with Gasteiger partial charge < -0.3 is 4.74 Å². The van der Waals surface area contributed by atoms with Crippen molar-refractivity contribution in [2.24, 2.45) is 4.99 Å². The van der Waals surface area contributed by atoms with E-state index in [1.165, 1.54) is 6.33 Å². The molecule has 0 fully saturated rings. The SMILES string of the molecule is COc1ncnc2c1N=C(c1ccccc1)CS2. The van der Waals surface area contributed by atoms with Crippen LogP contribution in [0, 0.1) is 0 Å². The van der Waals surface area contributed by atoms with Gasteiger partial charge >= 0.3 is 0 Å². The Bertz CT molecular complexity index is 598. The highest BCUT2D eigenvalue weighted by atomic mass is 32.2. The first-order valence-electron chi connectivity index (χ1n) is 5.53. The molecule has 1 aliphatic heterocycles. The number of hydrogen-bond acceptors (Lipinski definition) is 5. The van der Waals surface area contributed by atoms with Crippen LogP contribution in [0.2, 0.25) is 0 Å². The van der Waals surface area contributed by atoms with Crippen molar-refractivity contribution >= 4 is 23.2 Å². The molecule has 1 aromatic carbocycles. The van der Waals surface area contributed by atoms with Crippen molar-refractivity contribution < 1.29 is 4.74 Å². The summed E-state index contributed by atoms with van der Waals surface area (Å²) in [7, 11) is 1.60. The normalized spacial score (nSPS) is 13.7. The third-order valence-corrected chi connectivity index (χ3v) is 3.64. The summed E-state index contributed by atoms with van der Waals surface area (Å²) >= 11 is 1.66. The Balaban J connectivity index is 2.08. The maximum absolute atomic E-state index is 5.23. The molecule has 0 saturated carbocycles. The molecule has 1 aromatic heterocycles. The Morgan fingerprint density at radius 1 is 1.17 bits per heavy atom. The van der Waals surface area contributed by atoms with Crippen LogP contribution in [0.15, 0.2) is 46.7 Å². The van der Waals surface area contributed by atoms with E-state index < -0.39 is 0 Å². The third kappa shape index (κ3) is 1.97. The minimum absolute atomic E-state index is 0.528. The van der Waals surface area contributed by atoms with Gasteiger partial charge in [-0.1, -0.05) is 42.1 Å². The van der Waals surface area contributed by atoms with E-state index in [4.69, 9.17) is 4.74 Å². The topological polar surface area (TPSA) is 47.4 Å². The van der Waals surface area contributed by atoms with E-state index in [1.54, 1.807) is 18.9 Å². The average molecular weight is 257 g/mol. The molecule has 3 rings (SSSR count). The minimum Gasteiger partial charge on any atom is -0.479 e. The van der Waals surface area contributed by atoms with Crippen molar-refractivity contribution in [2.75, 3.05) is 12.9 Å². The van der Waals surface area contributed by atoms with Gasteiger partial charge in [0, 0.05) is 5.75 Å². The van der Waals surface area contributed by atoms with Crippen LogP contribution in [0.5, 0.6) is 5.88 Å². The van der Waals surface area contributed by atoms with Gasteiger partial charge in [0.15, 0.2) is 5.69 Å². The van der Waals surface area contributed by atoms with Crippen LogP contribution in [0.25, 0.3) is 0 Å². The Morgan fingerprint density at radius 3 is 2.78 bits per heavy atom. The van der Waals surface area contributed by atoms with E-state index in [1.807, 2.05) is 18.2 Å². The van der Waals surface area contributed by atoms with Gasteiger partial charge in [0.25, 0.3) is 0 Å². The Kier molecular flexibility index (Phi) is 2.98. The van der Waals surface area contributed by atoms with Crippen LogP contribution in [0.1, 0.15) is 5.56 Å². The van der Waals surface area contributed by atoms with Gasteiger partial charge in [0.05, 0.1) is 12.8 Å². The number of aliphatic imine (C=N–C) groups is 1. The summed E-state index contributed by atoms with van der Waals surface area (Å²) in [5.41, 5.74) is 2.89. The summed E-state index contributed by atoms with van der Waals surface area (Å²) in [5, 5.41) is 0.876. The number of rotatable bonds is 2. The van der Waals surface area contributed by atoms with Gasteiger partial charge in [-0.2, -0.15) is 4.98 Å². The van der Waals surface area contributed by atoms with E-state index in [0.717, 1.165) is 27.7 Å². The summed E-state index contributed by atoms with van der Waals surface area (Å²) in [6.07, 6.45) is 1.51. The quantitative estimate of drug-likeness (QED) is 0.776. The largest absolute Gasteiger partial charge is 0.479 e. The fraction of sp³-hybridized carbons (Fsp3) is 0.154. The van der Waals surface area contributed by atoms with Crippen molar-refractivity contribution in [3.8, 4) is 5.88 Å². The molecular formula is C13H11N3OS. The highest BCUT2D eigenvalue weighted by molar-refractivity contribution is 8.00. The van der Waals surface area contributed by atoms with Crippen LogP contribution in [-0.2, 0) is 0 Å². The lowest BCUT2D eigenvalue weighted by atomic mass is 10.1. The molecule has 0 spiro atoms. The predicted octanol–water partition coefficient (Wildman–Crippen LogP) is 2.71. The maximum atomic E-state index is 5.23. The molecule has 4 nitrogen and oxygen atoms in total. The molecule has 0 aliphatic carbocycles. The van der Waals surface area contributed by atoms with Crippen molar-refractivity contribution in [1.29, 1.82) is 0 Å². The number of thioether (sulfide) groups is 1. The number of hydrogen-bond donors (Lipinski definition) is 0. The van der Waals surface area contributed by atoms with Crippen LogP contribution in [-0.4, -0.2) is 28.5 Å². The molecule has 2 aromatic rings. The molecule has 5 heteroatoms. The van der Waals surface area contributed by atoms with E-state index >= 15 is 0 Å². The lowest BCUT2D eigenvalue weighted by Crippen LogP contribution is -2.09. The highest BCUT2D eigenvalue weighted by Crippen LogP contribution is 2.38. The van der Waals surface area contributed by atoms with Crippen LogP contribution in [0.3, 0.4) is 0 Å². The molecule has 0 saturated heterocycles. The van der Waals surface area contributed by atoms with Gasteiger partial charge in [-0.25, -0.2) is 9.98 Å². The summed E-state index contributed by atoms with van der Waals surface area (Å²) in [5.74, 6) is 1.35. The Morgan fingerprint density at radius 2 is 2.00 bits per heavy atom. The fourth-order valence-electron chi connectivity index (χ4n) is 1.78. The van der Waals surface area contributed by atoms with E-state index in [0.29, 0.717) is 5.88 Å². The molecule has 0 atom stereocenters. The third-order valence-electron chi connectivity index (χ3n) is 2.65. The van der Waals surface area contributed by atoms with E-state index in [-0.39, 0.29) is 0 Å². The second kappa shape index (κ2) is 4.78. The number of fused-ring (bicyclic) bond motifs is 1. The zero-order valence-electron chi connectivity index (χ0n) is 9.83. The van der Waals surface area contributed by atoms with Gasteiger partial charge in [-0.3, -0.25) is 0 Å². The Labute approximate surface area is 109 Å².